The van der Waals surface area contributed by atoms with Crippen molar-refractivity contribution in [1.82, 2.24) is 14.5 Å². The molecule has 1 unspecified atom stereocenters. The van der Waals surface area contributed by atoms with Crippen LogP contribution >= 0.6 is 0 Å². The number of aromatic nitrogens is 2. The fraction of sp³-hybridized carbons (Fsp3) is 0.500. The zero-order valence-electron chi connectivity index (χ0n) is 11.3. The molecule has 4 heteroatoms. The van der Waals surface area contributed by atoms with Crippen LogP contribution in [-0.4, -0.2) is 27.5 Å². The molecule has 2 heterocycles. The molecule has 0 bridgehead atoms. The average molecular weight is 247 g/mol. The largest absolute Gasteiger partial charge is 0.472 e. The molecule has 0 aliphatic heterocycles. The van der Waals surface area contributed by atoms with Gasteiger partial charge in [0.1, 0.15) is 5.82 Å². The molecule has 0 saturated carbocycles. The highest BCUT2D eigenvalue weighted by Crippen LogP contribution is 2.09. The van der Waals surface area contributed by atoms with Crippen LogP contribution in [0.5, 0.6) is 0 Å². The predicted octanol–water partition coefficient (Wildman–Crippen LogP) is 2.56. The van der Waals surface area contributed by atoms with E-state index in [1.807, 2.05) is 12.3 Å². The molecule has 0 spiro atoms. The number of rotatable bonds is 6. The molecule has 0 amide bonds. The van der Waals surface area contributed by atoms with Gasteiger partial charge in [-0.1, -0.05) is 6.92 Å². The van der Waals surface area contributed by atoms with Gasteiger partial charge in [0, 0.05) is 43.5 Å². The van der Waals surface area contributed by atoms with Crippen molar-refractivity contribution in [3.63, 3.8) is 0 Å². The third kappa shape index (κ3) is 3.01. The predicted molar refractivity (Wildman–Crippen MR) is 71.2 cm³/mol. The summed E-state index contributed by atoms with van der Waals surface area (Å²) in [6.07, 6.45) is 8.44. The van der Waals surface area contributed by atoms with Crippen LogP contribution < -0.4 is 0 Å². The Hall–Kier alpha value is -1.55. The Labute approximate surface area is 108 Å². The maximum atomic E-state index is 5.10. The standard InChI is InChI=1S/C14H21N3O/c1-4-14-15-6-7-17(14)9-12(2)16(3)10-13-5-8-18-11-13/h5-8,11-12H,4,9-10H2,1-3H3. The smallest absolute Gasteiger partial charge is 0.108 e. The molecule has 0 aliphatic carbocycles. The van der Waals surface area contributed by atoms with Crippen LogP contribution in [0.15, 0.2) is 35.4 Å². The first-order valence-corrected chi connectivity index (χ1v) is 6.42. The van der Waals surface area contributed by atoms with Gasteiger partial charge in [-0.2, -0.15) is 0 Å². The number of furan rings is 1. The summed E-state index contributed by atoms with van der Waals surface area (Å²) in [6, 6.07) is 2.47. The monoisotopic (exact) mass is 247 g/mol. The second-order valence-electron chi connectivity index (χ2n) is 4.75. The van der Waals surface area contributed by atoms with E-state index in [9.17, 15) is 0 Å². The van der Waals surface area contributed by atoms with E-state index < -0.39 is 0 Å². The van der Waals surface area contributed by atoms with Crippen LogP contribution in [0.1, 0.15) is 25.2 Å². The van der Waals surface area contributed by atoms with Crippen LogP contribution in [-0.2, 0) is 19.5 Å². The molecule has 0 fully saturated rings. The molecule has 2 aromatic rings. The molecular formula is C14H21N3O. The van der Waals surface area contributed by atoms with Crippen molar-refractivity contribution in [3.05, 3.63) is 42.4 Å². The molecule has 0 aliphatic rings. The maximum Gasteiger partial charge on any atom is 0.108 e. The fourth-order valence-corrected chi connectivity index (χ4v) is 2.07. The Bertz CT molecular complexity index is 461. The molecule has 2 rings (SSSR count). The number of nitrogens with zero attached hydrogens (tertiary/aromatic N) is 3. The Morgan fingerprint density at radius 1 is 1.50 bits per heavy atom. The normalized spacial score (nSPS) is 13.1. The highest BCUT2D eigenvalue weighted by molar-refractivity contribution is 5.05. The molecule has 0 saturated heterocycles. The van der Waals surface area contributed by atoms with Gasteiger partial charge in [-0.3, -0.25) is 4.90 Å². The number of hydrogen-bond donors (Lipinski definition) is 0. The maximum absolute atomic E-state index is 5.10. The second kappa shape index (κ2) is 5.87. The molecule has 0 aromatic carbocycles. The summed E-state index contributed by atoms with van der Waals surface area (Å²) >= 11 is 0. The Kier molecular flexibility index (Phi) is 4.20. The van der Waals surface area contributed by atoms with Gasteiger partial charge in [-0.25, -0.2) is 4.98 Å². The number of aryl methyl sites for hydroxylation is 1. The van der Waals surface area contributed by atoms with Gasteiger partial charge in [-0.05, 0) is 20.0 Å². The lowest BCUT2D eigenvalue weighted by molar-refractivity contribution is 0.225. The van der Waals surface area contributed by atoms with Gasteiger partial charge in [0.2, 0.25) is 0 Å². The molecular weight excluding hydrogens is 226 g/mol. The zero-order valence-corrected chi connectivity index (χ0v) is 11.3. The third-order valence-electron chi connectivity index (χ3n) is 3.34. The van der Waals surface area contributed by atoms with Crippen LogP contribution in [0.2, 0.25) is 0 Å². The fourth-order valence-electron chi connectivity index (χ4n) is 2.07. The SMILES string of the molecule is CCc1nccn1CC(C)N(C)Cc1ccoc1. The Morgan fingerprint density at radius 2 is 2.33 bits per heavy atom. The molecule has 0 radical (unpaired) electrons. The van der Waals surface area contributed by atoms with Crippen LogP contribution in [0.3, 0.4) is 0 Å². The minimum Gasteiger partial charge on any atom is -0.472 e. The van der Waals surface area contributed by atoms with Crippen molar-refractivity contribution < 1.29 is 4.42 Å². The molecule has 0 N–H and O–H groups in total. The lowest BCUT2D eigenvalue weighted by Gasteiger charge is -2.25. The van der Waals surface area contributed by atoms with Crippen molar-refractivity contribution in [2.75, 3.05) is 7.05 Å². The van der Waals surface area contributed by atoms with Crippen molar-refractivity contribution in [1.29, 1.82) is 0 Å². The summed E-state index contributed by atoms with van der Waals surface area (Å²) in [5.74, 6) is 1.15. The summed E-state index contributed by atoms with van der Waals surface area (Å²) < 4.78 is 7.33. The van der Waals surface area contributed by atoms with Crippen LogP contribution in [0, 0.1) is 0 Å². The first-order chi connectivity index (χ1) is 8.70. The van der Waals surface area contributed by atoms with E-state index in [0.717, 1.165) is 25.3 Å². The lowest BCUT2D eigenvalue weighted by atomic mass is 10.2. The first-order valence-electron chi connectivity index (χ1n) is 6.42. The van der Waals surface area contributed by atoms with Crippen molar-refractivity contribution in [3.8, 4) is 0 Å². The summed E-state index contributed by atoms with van der Waals surface area (Å²) in [4.78, 5) is 6.68. The quantitative estimate of drug-likeness (QED) is 0.786. The van der Waals surface area contributed by atoms with Gasteiger partial charge < -0.3 is 8.98 Å². The van der Waals surface area contributed by atoms with E-state index >= 15 is 0 Å². The van der Waals surface area contributed by atoms with E-state index in [-0.39, 0.29) is 0 Å². The number of hydrogen-bond acceptors (Lipinski definition) is 3. The molecule has 4 nitrogen and oxygen atoms in total. The van der Waals surface area contributed by atoms with Crippen LogP contribution in [0.4, 0.5) is 0 Å². The first kappa shape index (κ1) is 12.9. The van der Waals surface area contributed by atoms with Gasteiger partial charge >= 0.3 is 0 Å². The van der Waals surface area contributed by atoms with Crippen molar-refractivity contribution in [2.45, 2.75) is 39.4 Å². The van der Waals surface area contributed by atoms with E-state index in [4.69, 9.17) is 4.42 Å². The highest BCUT2D eigenvalue weighted by atomic mass is 16.3. The number of likely N-dealkylation sites (N-methyl/N-ethyl adjacent to an activating group) is 1. The molecule has 1 atom stereocenters. The van der Waals surface area contributed by atoms with Gasteiger partial charge in [0.15, 0.2) is 0 Å². The van der Waals surface area contributed by atoms with E-state index in [0.29, 0.717) is 6.04 Å². The van der Waals surface area contributed by atoms with E-state index in [2.05, 4.69) is 41.5 Å². The van der Waals surface area contributed by atoms with E-state index in [1.54, 1.807) is 12.5 Å². The average Bonchev–Trinajstić information content (AvgIpc) is 2.99. The summed E-state index contributed by atoms with van der Waals surface area (Å²) in [5.41, 5.74) is 1.21. The van der Waals surface area contributed by atoms with Crippen molar-refractivity contribution >= 4 is 0 Å². The minimum atomic E-state index is 0.458. The van der Waals surface area contributed by atoms with Crippen LogP contribution in [0.25, 0.3) is 0 Å². The van der Waals surface area contributed by atoms with Gasteiger partial charge in [0.05, 0.1) is 12.5 Å². The summed E-state index contributed by atoms with van der Waals surface area (Å²) in [6.45, 7) is 6.25. The third-order valence-corrected chi connectivity index (χ3v) is 3.34. The Balaban J connectivity index is 1.93. The second-order valence-corrected chi connectivity index (χ2v) is 4.75. The minimum absolute atomic E-state index is 0.458. The van der Waals surface area contributed by atoms with Gasteiger partial charge in [0.25, 0.3) is 0 Å². The zero-order chi connectivity index (χ0) is 13.0. The highest BCUT2D eigenvalue weighted by Gasteiger charge is 2.12. The van der Waals surface area contributed by atoms with Crippen molar-refractivity contribution in [2.24, 2.45) is 0 Å². The van der Waals surface area contributed by atoms with Gasteiger partial charge in [-0.15, -0.1) is 0 Å². The molecule has 98 valence electrons. The molecule has 18 heavy (non-hydrogen) atoms. The van der Waals surface area contributed by atoms with E-state index in [1.165, 1.54) is 5.56 Å². The number of imidazole rings is 1. The summed E-state index contributed by atoms with van der Waals surface area (Å²) in [7, 11) is 2.14. The topological polar surface area (TPSA) is 34.2 Å². The summed E-state index contributed by atoms with van der Waals surface area (Å²) in [5, 5.41) is 0. The Morgan fingerprint density at radius 3 is 3.00 bits per heavy atom. The molecule has 2 aromatic heterocycles. The lowest BCUT2D eigenvalue weighted by Crippen LogP contribution is -2.32.